The van der Waals surface area contributed by atoms with Crippen molar-refractivity contribution in [2.75, 3.05) is 0 Å². The molecule has 1 aliphatic carbocycles. The first-order valence-electron chi connectivity index (χ1n) is 8.27. The zero-order chi connectivity index (χ0) is 17.7. The lowest BCUT2D eigenvalue weighted by Crippen LogP contribution is -2.32. The Morgan fingerprint density at radius 1 is 1.32 bits per heavy atom. The molecule has 1 saturated carbocycles. The summed E-state index contributed by atoms with van der Waals surface area (Å²) in [6.07, 6.45) is 3.70. The Morgan fingerprint density at radius 2 is 2.08 bits per heavy atom. The molecule has 2 aliphatic rings. The maximum absolute atomic E-state index is 12.4. The summed E-state index contributed by atoms with van der Waals surface area (Å²) in [6.45, 7) is 3.36. The number of carbonyl (C=O) groups is 2. The third-order valence-corrected chi connectivity index (χ3v) is 5.80. The quantitative estimate of drug-likeness (QED) is 0.877. The minimum Gasteiger partial charge on any atom is -0.478 e. The zero-order valence-electron chi connectivity index (χ0n) is 14.0. The van der Waals surface area contributed by atoms with Crippen LogP contribution in [-0.2, 0) is 9.59 Å². The van der Waals surface area contributed by atoms with Crippen molar-refractivity contribution in [1.29, 1.82) is 0 Å². The number of aromatic nitrogens is 1. The number of hydrogen-bond donors (Lipinski definition) is 2. The minimum absolute atomic E-state index is 0.105. The molecule has 0 amide bonds. The summed E-state index contributed by atoms with van der Waals surface area (Å²) in [5.41, 5.74) is 3.22. The van der Waals surface area contributed by atoms with Gasteiger partial charge in [0.1, 0.15) is 4.83 Å². The van der Waals surface area contributed by atoms with Gasteiger partial charge in [-0.1, -0.05) is 6.07 Å². The van der Waals surface area contributed by atoms with E-state index in [1.165, 1.54) is 18.3 Å². The van der Waals surface area contributed by atoms with Crippen LogP contribution in [0.2, 0.25) is 0 Å². The fourth-order valence-electron chi connectivity index (χ4n) is 3.67. The van der Waals surface area contributed by atoms with Crippen LogP contribution in [0.5, 0.6) is 0 Å². The third-order valence-electron chi connectivity index (χ3n) is 4.88. The summed E-state index contributed by atoms with van der Waals surface area (Å²) < 4.78 is 0. The Bertz CT molecular complexity index is 966. The molecule has 0 saturated heterocycles. The Hall–Kier alpha value is -2.47. The molecule has 1 atom stereocenters. The molecule has 4 rings (SSSR count). The molecule has 1 unspecified atom stereocenters. The van der Waals surface area contributed by atoms with E-state index in [-0.39, 0.29) is 11.7 Å². The molecule has 6 heteroatoms. The van der Waals surface area contributed by atoms with Crippen LogP contribution in [0.1, 0.15) is 38.2 Å². The fraction of sp³-hybridized carbons (Fsp3) is 0.316. The van der Waals surface area contributed by atoms with Crippen molar-refractivity contribution < 1.29 is 14.7 Å². The number of nitrogens with zero attached hydrogens (tertiary/aromatic N) is 1. The molecule has 2 N–H and O–H groups in total. The topological polar surface area (TPSA) is 79.3 Å². The van der Waals surface area contributed by atoms with Crippen LogP contribution >= 0.6 is 11.3 Å². The number of pyridine rings is 1. The summed E-state index contributed by atoms with van der Waals surface area (Å²) in [5, 5.41) is 16.1. The molecule has 3 heterocycles. The van der Waals surface area contributed by atoms with Gasteiger partial charge in [0.05, 0.1) is 5.57 Å². The van der Waals surface area contributed by atoms with E-state index in [4.69, 9.17) is 0 Å². The number of hydrogen-bond acceptors (Lipinski definition) is 5. The number of Topliss-reactive ketones (excluding diaryl/α,β-unsaturated/α-hetero) is 1. The molecule has 128 valence electrons. The van der Waals surface area contributed by atoms with Crippen molar-refractivity contribution >= 4 is 33.3 Å². The molecule has 1 fully saturated rings. The van der Waals surface area contributed by atoms with Gasteiger partial charge in [0.25, 0.3) is 0 Å². The summed E-state index contributed by atoms with van der Waals surface area (Å²) >= 11 is 1.48. The van der Waals surface area contributed by atoms with Crippen LogP contribution in [0.4, 0.5) is 0 Å². The van der Waals surface area contributed by atoms with E-state index >= 15 is 0 Å². The van der Waals surface area contributed by atoms with Crippen LogP contribution in [0.25, 0.3) is 10.2 Å². The second-order valence-corrected chi connectivity index (χ2v) is 7.46. The number of carboxylic acid groups (broad SMARTS) is 1. The molecule has 0 spiro atoms. The average molecular weight is 354 g/mol. The first kappa shape index (κ1) is 16.0. The van der Waals surface area contributed by atoms with Gasteiger partial charge >= 0.3 is 5.97 Å². The van der Waals surface area contributed by atoms with Gasteiger partial charge in [0.2, 0.25) is 0 Å². The number of carbonyl (C=O) groups excluding carboxylic acids is 1. The highest BCUT2D eigenvalue weighted by Crippen LogP contribution is 2.47. The molecular formula is C19H18N2O3S. The highest BCUT2D eigenvalue weighted by atomic mass is 32.1. The van der Waals surface area contributed by atoms with Crippen LogP contribution < -0.4 is 5.32 Å². The van der Waals surface area contributed by atoms with Gasteiger partial charge in [-0.2, -0.15) is 0 Å². The van der Waals surface area contributed by atoms with E-state index in [0.29, 0.717) is 11.1 Å². The number of rotatable bonds is 4. The smallest absolute Gasteiger partial charge is 0.334 e. The highest BCUT2D eigenvalue weighted by molar-refractivity contribution is 7.16. The number of carboxylic acids is 1. The van der Waals surface area contributed by atoms with Crippen molar-refractivity contribution in [1.82, 2.24) is 10.3 Å². The lowest BCUT2D eigenvalue weighted by Gasteiger charge is -2.30. The maximum atomic E-state index is 12.4. The van der Waals surface area contributed by atoms with Gasteiger partial charge in [-0.15, -0.1) is 11.3 Å². The summed E-state index contributed by atoms with van der Waals surface area (Å²) in [7, 11) is 0. The van der Waals surface area contributed by atoms with Crippen LogP contribution in [0.15, 0.2) is 46.2 Å². The first-order chi connectivity index (χ1) is 12.0. The maximum Gasteiger partial charge on any atom is 0.334 e. The molecule has 0 aromatic carbocycles. The van der Waals surface area contributed by atoms with Gasteiger partial charge in [0, 0.05) is 34.5 Å². The Labute approximate surface area is 149 Å². The Kier molecular flexibility index (Phi) is 3.72. The van der Waals surface area contributed by atoms with Crippen molar-refractivity contribution in [3.05, 3.63) is 51.8 Å². The SMILES string of the molecule is CC(=O)C1=C(C)NC(C2CC2)=C(C(=O)O)C1c1csc2ncccc12. The predicted molar refractivity (Wildman–Crippen MR) is 96.3 cm³/mol. The average Bonchev–Trinajstić information content (AvgIpc) is 3.32. The standard InChI is InChI=1S/C19H18N2O3S/c1-9-14(10(2)22)15(13-8-25-18-12(13)4-3-7-20-18)16(19(23)24)17(21-9)11-5-6-11/h3-4,7-8,11,15,21H,5-6H2,1-2H3,(H,23,24). The lowest BCUT2D eigenvalue weighted by atomic mass is 9.78. The highest BCUT2D eigenvalue weighted by Gasteiger charge is 2.41. The van der Waals surface area contributed by atoms with Crippen molar-refractivity contribution in [2.24, 2.45) is 5.92 Å². The van der Waals surface area contributed by atoms with Gasteiger partial charge in [0.15, 0.2) is 5.78 Å². The molecule has 1 aliphatic heterocycles. The largest absolute Gasteiger partial charge is 0.478 e. The number of ketones is 1. The van der Waals surface area contributed by atoms with Crippen molar-refractivity contribution in [3.63, 3.8) is 0 Å². The fourth-order valence-corrected chi connectivity index (χ4v) is 4.61. The molecule has 2 aromatic rings. The molecule has 25 heavy (non-hydrogen) atoms. The van der Waals surface area contributed by atoms with Crippen LogP contribution in [0, 0.1) is 5.92 Å². The van der Waals surface area contributed by atoms with E-state index in [1.54, 1.807) is 6.20 Å². The second-order valence-electron chi connectivity index (χ2n) is 6.61. The monoisotopic (exact) mass is 354 g/mol. The van der Waals surface area contributed by atoms with Gasteiger partial charge < -0.3 is 10.4 Å². The number of dihydropyridines is 1. The number of allylic oxidation sites excluding steroid dienone is 3. The van der Waals surface area contributed by atoms with Gasteiger partial charge in [-0.05, 0) is 49.6 Å². The zero-order valence-corrected chi connectivity index (χ0v) is 14.8. The molecule has 5 nitrogen and oxygen atoms in total. The number of nitrogens with one attached hydrogen (secondary N) is 1. The molecular weight excluding hydrogens is 336 g/mol. The molecule has 0 bridgehead atoms. The first-order valence-corrected chi connectivity index (χ1v) is 9.15. The Morgan fingerprint density at radius 3 is 2.72 bits per heavy atom. The Balaban J connectivity index is 1.99. The van der Waals surface area contributed by atoms with E-state index in [2.05, 4.69) is 10.3 Å². The summed E-state index contributed by atoms with van der Waals surface area (Å²) in [4.78, 5) is 29.8. The van der Waals surface area contributed by atoms with Crippen molar-refractivity contribution in [2.45, 2.75) is 32.6 Å². The van der Waals surface area contributed by atoms with Crippen LogP contribution in [0.3, 0.4) is 0 Å². The predicted octanol–water partition coefficient (Wildman–Crippen LogP) is 3.59. The minimum atomic E-state index is -0.964. The summed E-state index contributed by atoms with van der Waals surface area (Å²) in [5.74, 6) is -1.37. The van der Waals surface area contributed by atoms with E-state index in [9.17, 15) is 14.7 Å². The summed E-state index contributed by atoms with van der Waals surface area (Å²) in [6, 6.07) is 3.79. The van der Waals surface area contributed by atoms with E-state index in [1.807, 2.05) is 24.4 Å². The van der Waals surface area contributed by atoms with E-state index in [0.717, 1.165) is 40.0 Å². The normalized spacial score (nSPS) is 20.8. The van der Waals surface area contributed by atoms with E-state index < -0.39 is 11.9 Å². The lowest BCUT2D eigenvalue weighted by molar-refractivity contribution is -0.133. The molecule has 0 radical (unpaired) electrons. The second kappa shape index (κ2) is 5.81. The van der Waals surface area contributed by atoms with Crippen molar-refractivity contribution in [3.8, 4) is 0 Å². The number of thiophene rings is 1. The van der Waals surface area contributed by atoms with Crippen LogP contribution in [-0.4, -0.2) is 21.8 Å². The third kappa shape index (κ3) is 2.57. The molecule has 2 aromatic heterocycles. The van der Waals surface area contributed by atoms with Gasteiger partial charge in [-0.3, -0.25) is 4.79 Å². The number of fused-ring (bicyclic) bond motifs is 1. The number of aliphatic carboxylic acids is 1. The van der Waals surface area contributed by atoms with Gasteiger partial charge in [-0.25, -0.2) is 9.78 Å².